The molecule has 2 aromatic rings. The number of aromatic nitrogens is 2. The van der Waals surface area contributed by atoms with Gasteiger partial charge in [0.15, 0.2) is 5.82 Å². The van der Waals surface area contributed by atoms with E-state index in [9.17, 15) is 10.1 Å². The van der Waals surface area contributed by atoms with Crippen molar-refractivity contribution >= 4 is 5.69 Å². The SMILES string of the molecule is CCC(NCc1noc(C)n1)c1cccc([N+](=O)[O-])c1. The molecule has 0 saturated carbocycles. The molecule has 0 amide bonds. The van der Waals surface area contributed by atoms with Gasteiger partial charge in [-0.2, -0.15) is 4.98 Å². The second-order valence-electron chi connectivity index (χ2n) is 4.42. The largest absolute Gasteiger partial charge is 0.340 e. The Labute approximate surface area is 116 Å². The topological polar surface area (TPSA) is 94.1 Å². The molecule has 0 fully saturated rings. The summed E-state index contributed by atoms with van der Waals surface area (Å²) in [6, 6.07) is 6.64. The summed E-state index contributed by atoms with van der Waals surface area (Å²) in [5.41, 5.74) is 0.972. The first-order valence-corrected chi connectivity index (χ1v) is 6.37. The van der Waals surface area contributed by atoms with Crippen LogP contribution in [-0.2, 0) is 6.54 Å². The van der Waals surface area contributed by atoms with E-state index >= 15 is 0 Å². The maximum Gasteiger partial charge on any atom is 0.269 e. The molecule has 0 aliphatic rings. The Morgan fingerprint density at radius 1 is 1.50 bits per heavy atom. The number of non-ortho nitro benzene ring substituents is 1. The van der Waals surface area contributed by atoms with Crippen LogP contribution in [0.5, 0.6) is 0 Å². The van der Waals surface area contributed by atoms with E-state index in [0.717, 1.165) is 12.0 Å². The number of aryl methyl sites for hydroxylation is 1. The number of nitro benzene ring substituents is 1. The molecule has 0 aliphatic carbocycles. The maximum atomic E-state index is 10.8. The van der Waals surface area contributed by atoms with Gasteiger partial charge in [0, 0.05) is 25.1 Å². The zero-order valence-electron chi connectivity index (χ0n) is 11.4. The molecule has 0 bridgehead atoms. The highest BCUT2D eigenvalue weighted by Gasteiger charge is 2.14. The first kappa shape index (κ1) is 14.1. The van der Waals surface area contributed by atoms with Crippen LogP contribution >= 0.6 is 0 Å². The van der Waals surface area contributed by atoms with E-state index in [4.69, 9.17) is 4.52 Å². The van der Waals surface area contributed by atoms with Crippen molar-refractivity contribution in [1.29, 1.82) is 0 Å². The van der Waals surface area contributed by atoms with Crippen molar-refractivity contribution in [2.24, 2.45) is 0 Å². The lowest BCUT2D eigenvalue weighted by Crippen LogP contribution is -2.21. The lowest BCUT2D eigenvalue weighted by Gasteiger charge is -2.16. The van der Waals surface area contributed by atoms with E-state index in [-0.39, 0.29) is 11.7 Å². The minimum absolute atomic E-state index is 0.00806. The highest BCUT2D eigenvalue weighted by Crippen LogP contribution is 2.21. The Bertz CT molecular complexity index is 597. The van der Waals surface area contributed by atoms with Gasteiger partial charge in [-0.05, 0) is 12.0 Å². The van der Waals surface area contributed by atoms with Crippen molar-refractivity contribution in [3.8, 4) is 0 Å². The van der Waals surface area contributed by atoms with Crippen LogP contribution in [0.4, 0.5) is 5.69 Å². The zero-order valence-corrected chi connectivity index (χ0v) is 11.4. The highest BCUT2D eigenvalue weighted by molar-refractivity contribution is 5.35. The van der Waals surface area contributed by atoms with Crippen LogP contribution in [0, 0.1) is 17.0 Å². The Hall–Kier alpha value is -2.28. The van der Waals surface area contributed by atoms with E-state index in [0.29, 0.717) is 18.3 Å². The standard InChI is InChI=1S/C13H16N4O3/c1-3-12(14-8-13-15-9(2)20-16-13)10-5-4-6-11(7-10)17(18)19/h4-7,12,14H,3,8H2,1-2H3. The average molecular weight is 276 g/mol. The summed E-state index contributed by atoms with van der Waals surface area (Å²) in [7, 11) is 0. The molecule has 7 nitrogen and oxygen atoms in total. The monoisotopic (exact) mass is 276 g/mol. The fourth-order valence-electron chi connectivity index (χ4n) is 1.98. The van der Waals surface area contributed by atoms with E-state index in [1.165, 1.54) is 6.07 Å². The molecule has 1 unspecified atom stereocenters. The Balaban J connectivity index is 2.07. The summed E-state index contributed by atoms with van der Waals surface area (Å²) in [4.78, 5) is 14.5. The molecular weight excluding hydrogens is 260 g/mol. The van der Waals surface area contributed by atoms with Crippen LogP contribution in [0.1, 0.15) is 36.7 Å². The molecule has 0 radical (unpaired) electrons. The molecule has 2 rings (SSSR count). The third kappa shape index (κ3) is 3.39. The number of nitrogens with zero attached hydrogens (tertiary/aromatic N) is 3. The van der Waals surface area contributed by atoms with E-state index < -0.39 is 4.92 Å². The Morgan fingerprint density at radius 2 is 2.30 bits per heavy atom. The van der Waals surface area contributed by atoms with Gasteiger partial charge in [0.1, 0.15) is 0 Å². The summed E-state index contributed by atoms with van der Waals surface area (Å²) >= 11 is 0. The lowest BCUT2D eigenvalue weighted by molar-refractivity contribution is -0.384. The van der Waals surface area contributed by atoms with Crippen molar-refractivity contribution in [2.75, 3.05) is 0 Å². The lowest BCUT2D eigenvalue weighted by atomic mass is 10.0. The first-order chi connectivity index (χ1) is 9.60. The highest BCUT2D eigenvalue weighted by atomic mass is 16.6. The van der Waals surface area contributed by atoms with Crippen LogP contribution in [0.15, 0.2) is 28.8 Å². The number of rotatable bonds is 6. The van der Waals surface area contributed by atoms with Gasteiger partial charge in [0.2, 0.25) is 5.89 Å². The van der Waals surface area contributed by atoms with Crippen molar-refractivity contribution < 1.29 is 9.45 Å². The molecule has 7 heteroatoms. The van der Waals surface area contributed by atoms with Gasteiger partial charge in [-0.15, -0.1) is 0 Å². The van der Waals surface area contributed by atoms with Gasteiger partial charge < -0.3 is 9.84 Å². The first-order valence-electron chi connectivity index (χ1n) is 6.37. The summed E-state index contributed by atoms with van der Waals surface area (Å²) in [6.07, 6.45) is 0.804. The smallest absolute Gasteiger partial charge is 0.269 e. The van der Waals surface area contributed by atoms with E-state index in [1.807, 2.05) is 13.0 Å². The van der Waals surface area contributed by atoms with Gasteiger partial charge in [0.05, 0.1) is 11.5 Å². The van der Waals surface area contributed by atoms with Crippen LogP contribution in [0.25, 0.3) is 0 Å². The zero-order chi connectivity index (χ0) is 14.5. The average Bonchev–Trinajstić information content (AvgIpc) is 2.85. The molecule has 0 aliphatic heterocycles. The molecule has 20 heavy (non-hydrogen) atoms. The fourth-order valence-corrected chi connectivity index (χ4v) is 1.98. The fraction of sp³-hybridized carbons (Fsp3) is 0.385. The molecule has 1 aromatic heterocycles. The summed E-state index contributed by atoms with van der Waals surface area (Å²) in [5, 5.41) is 17.9. The molecule has 1 aromatic carbocycles. The number of hydrogen-bond donors (Lipinski definition) is 1. The minimum Gasteiger partial charge on any atom is -0.340 e. The summed E-state index contributed by atoms with van der Waals surface area (Å²) in [5.74, 6) is 1.09. The molecule has 1 N–H and O–H groups in total. The van der Waals surface area contributed by atoms with Gasteiger partial charge in [-0.25, -0.2) is 0 Å². The van der Waals surface area contributed by atoms with Crippen molar-refractivity contribution in [3.63, 3.8) is 0 Å². The third-order valence-corrected chi connectivity index (χ3v) is 2.97. The van der Waals surface area contributed by atoms with Crippen LogP contribution < -0.4 is 5.32 Å². The van der Waals surface area contributed by atoms with Crippen LogP contribution in [0.2, 0.25) is 0 Å². The van der Waals surface area contributed by atoms with Crippen molar-refractivity contribution in [2.45, 2.75) is 32.9 Å². The van der Waals surface area contributed by atoms with Crippen molar-refractivity contribution in [3.05, 3.63) is 51.7 Å². The quantitative estimate of drug-likeness (QED) is 0.643. The maximum absolute atomic E-state index is 10.8. The third-order valence-electron chi connectivity index (χ3n) is 2.97. The normalized spacial score (nSPS) is 12.3. The summed E-state index contributed by atoms with van der Waals surface area (Å²) < 4.78 is 4.90. The molecule has 0 saturated heterocycles. The van der Waals surface area contributed by atoms with Gasteiger partial charge in [0.25, 0.3) is 5.69 Å². The number of benzene rings is 1. The van der Waals surface area contributed by atoms with Crippen LogP contribution in [0.3, 0.4) is 0 Å². The van der Waals surface area contributed by atoms with E-state index in [2.05, 4.69) is 15.5 Å². The van der Waals surface area contributed by atoms with E-state index in [1.54, 1.807) is 19.1 Å². The minimum atomic E-state index is -0.390. The Kier molecular flexibility index (Phi) is 4.41. The number of hydrogen-bond acceptors (Lipinski definition) is 6. The van der Waals surface area contributed by atoms with Gasteiger partial charge in [-0.3, -0.25) is 10.1 Å². The second kappa shape index (κ2) is 6.25. The molecule has 106 valence electrons. The second-order valence-corrected chi connectivity index (χ2v) is 4.42. The predicted molar refractivity (Wildman–Crippen MR) is 72.0 cm³/mol. The van der Waals surface area contributed by atoms with Crippen LogP contribution in [-0.4, -0.2) is 15.1 Å². The number of nitrogens with one attached hydrogen (secondary N) is 1. The molecule has 0 spiro atoms. The molecular formula is C13H16N4O3. The number of nitro groups is 1. The molecule has 1 atom stereocenters. The van der Waals surface area contributed by atoms with Gasteiger partial charge in [-0.1, -0.05) is 24.2 Å². The predicted octanol–water partition coefficient (Wildman–Crippen LogP) is 2.53. The summed E-state index contributed by atoms with van der Waals surface area (Å²) in [6.45, 7) is 4.20. The van der Waals surface area contributed by atoms with Crippen molar-refractivity contribution in [1.82, 2.24) is 15.5 Å². The Morgan fingerprint density at radius 3 is 2.90 bits per heavy atom. The molecule has 1 heterocycles. The van der Waals surface area contributed by atoms with Gasteiger partial charge >= 0.3 is 0 Å².